The summed E-state index contributed by atoms with van der Waals surface area (Å²) in [5, 5.41) is 7.78. The molecule has 8 heteroatoms. The highest BCUT2D eigenvalue weighted by Crippen LogP contribution is 2.39. The molecule has 2 aromatic rings. The molecule has 4 aliphatic rings. The van der Waals surface area contributed by atoms with Crippen molar-refractivity contribution in [3.8, 4) is 5.75 Å². The number of piperidine rings is 1. The van der Waals surface area contributed by atoms with E-state index in [2.05, 4.69) is 74.1 Å². The molecule has 3 fully saturated rings. The van der Waals surface area contributed by atoms with Crippen LogP contribution in [0.5, 0.6) is 5.75 Å². The van der Waals surface area contributed by atoms with Crippen LogP contribution < -0.4 is 15.0 Å². The van der Waals surface area contributed by atoms with Gasteiger partial charge in [-0.05, 0) is 73.3 Å². The SMILES string of the molecule is C=C(C1CC=C(c2ccc(OCC3CCN(c4ncc(CC)cn4)CC3)cc2)CC1)N1C/C(=N\OC)C2(CNC2)C1. The number of likely N-dealkylation sites (tertiary alicyclic amines) is 1. The lowest BCUT2D eigenvalue weighted by molar-refractivity contribution is 0.193. The second-order valence-corrected chi connectivity index (χ2v) is 12.2. The summed E-state index contributed by atoms with van der Waals surface area (Å²) in [6, 6.07) is 8.70. The minimum atomic E-state index is 0.131. The summed E-state index contributed by atoms with van der Waals surface area (Å²) in [5.74, 6) is 2.86. The van der Waals surface area contributed by atoms with Crippen LogP contribution in [0.2, 0.25) is 0 Å². The predicted molar refractivity (Wildman–Crippen MR) is 164 cm³/mol. The van der Waals surface area contributed by atoms with Crippen molar-refractivity contribution in [2.24, 2.45) is 22.4 Å². The minimum absolute atomic E-state index is 0.131. The standard InChI is InChI=1S/C33H44N6O2/c1-4-25-17-35-32(36-18-25)38-15-13-26(14-16-38)20-41-30-11-9-29(10-12-30)28-7-5-27(6-8-28)24(2)39-19-31(37-40-3)33(23-39)21-34-22-33/h7,9-12,17-18,26-27,34H,2,4-6,8,13-16,19-23H2,1,3H3/b37-31+. The van der Waals surface area contributed by atoms with Gasteiger partial charge in [0.1, 0.15) is 12.9 Å². The molecule has 1 aromatic heterocycles. The maximum Gasteiger partial charge on any atom is 0.225 e. The van der Waals surface area contributed by atoms with E-state index in [9.17, 15) is 0 Å². The van der Waals surface area contributed by atoms with Crippen molar-refractivity contribution in [1.29, 1.82) is 0 Å². The summed E-state index contributed by atoms with van der Waals surface area (Å²) in [6.45, 7) is 13.2. The lowest BCUT2D eigenvalue weighted by Crippen LogP contribution is -2.58. The molecule has 0 radical (unpaired) electrons. The number of ether oxygens (including phenoxy) is 1. The van der Waals surface area contributed by atoms with E-state index in [0.717, 1.165) is 102 Å². The molecule has 218 valence electrons. The van der Waals surface area contributed by atoms with Crippen molar-refractivity contribution in [2.75, 3.05) is 57.9 Å². The molecule has 8 nitrogen and oxygen atoms in total. The molecule has 1 aromatic carbocycles. The van der Waals surface area contributed by atoms with Crippen LogP contribution in [0.1, 0.15) is 50.2 Å². The van der Waals surface area contributed by atoms with Gasteiger partial charge in [0.25, 0.3) is 0 Å². The zero-order chi connectivity index (χ0) is 28.2. The van der Waals surface area contributed by atoms with Gasteiger partial charge in [0, 0.05) is 56.7 Å². The topological polar surface area (TPSA) is 75.1 Å². The summed E-state index contributed by atoms with van der Waals surface area (Å²) in [5.41, 5.74) is 6.47. The Bertz CT molecular complexity index is 1260. The van der Waals surface area contributed by atoms with Crippen molar-refractivity contribution in [2.45, 2.75) is 45.4 Å². The maximum atomic E-state index is 6.21. The van der Waals surface area contributed by atoms with Gasteiger partial charge < -0.3 is 24.7 Å². The van der Waals surface area contributed by atoms with E-state index >= 15 is 0 Å². The number of benzene rings is 1. The number of oxime groups is 1. The molecule has 0 saturated carbocycles. The molecule has 3 aliphatic heterocycles. The first-order valence-electron chi connectivity index (χ1n) is 15.3. The number of anilines is 1. The fourth-order valence-corrected chi connectivity index (χ4v) is 6.67. The van der Waals surface area contributed by atoms with Crippen LogP contribution in [0.15, 0.2) is 60.2 Å². The van der Waals surface area contributed by atoms with Crippen molar-refractivity contribution in [3.05, 3.63) is 66.1 Å². The number of nitrogens with zero attached hydrogens (tertiary/aromatic N) is 5. The molecule has 1 aliphatic carbocycles. The Morgan fingerprint density at radius 3 is 2.49 bits per heavy atom. The molecule has 41 heavy (non-hydrogen) atoms. The largest absolute Gasteiger partial charge is 0.493 e. The molecule has 1 unspecified atom stereocenters. The van der Waals surface area contributed by atoms with Crippen LogP contribution in [-0.4, -0.2) is 73.6 Å². The van der Waals surface area contributed by atoms with E-state index in [1.165, 1.54) is 22.4 Å². The first-order valence-corrected chi connectivity index (χ1v) is 15.3. The van der Waals surface area contributed by atoms with E-state index in [1.54, 1.807) is 7.11 Å². The van der Waals surface area contributed by atoms with Gasteiger partial charge in [0.2, 0.25) is 5.95 Å². The lowest BCUT2D eigenvalue weighted by Gasteiger charge is -2.39. The highest BCUT2D eigenvalue weighted by Gasteiger charge is 2.49. The fraction of sp³-hybridized carbons (Fsp3) is 0.545. The van der Waals surface area contributed by atoms with E-state index in [-0.39, 0.29) is 5.41 Å². The predicted octanol–water partition coefficient (Wildman–Crippen LogP) is 4.94. The quantitative estimate of drug-likeness (QED) is 0.439. The Balaban J connectivity index is 0.960. The number of allylic oxidation sites excluding steroid dienone is 3. The van der Waals surface area contributed by atoms with Gasteiger partial charge in [-0.1, -0.05) is 36.9 Å². The molecular formula is C33H44N6O2. The van der Waals surface area contributed by atoms with E-state index in [1.807, 2.05) is 12.4 Å². The average Bonchev–Trinajstić information content (AvgIpc) is 3.41. The molecule has 3 saturated heterocycles. The van der Waals surface area contributed by atoms with Gasteiger partial charge in [0.15, 0.2) is 0 Å². The van der Waals surface area contributed by atoms with Crippen molar-refractivity contribution < 1.29 is 9.57 Å². The molecule has 4 heterocycles. The van der Waals surface area contributed by atoms with Crippen LogP contribution in [-0.2, 0) is 11.3 Å². The number of hydrogen-bond acceptors (Lipinski definition) is 8. The van der Waals surface area contributed by atoms with Gasteiger partial charge >= 0.3 is 0 Å². The zero-order valence-corrected chi connectivity index (χ0v) is 24.6. The van der Waals surface area contributed by atoms with Gasteiger partial charge in [-0.3, -0.25) is 0 Å². The highest BCUT2D eigenvalue weighted by molar-refractivity contribution is 5.95. The van der Waals surface area contributed by atoms with Crippen LogP contribution >= 0.6 is 0 Å². The third kappa shape index (κ3) is 5.98. The Morgan fingerprint density at radius 2 is 1.88 bits per heavy atom. The Labute approximate surface area is 244 Å². The van der Waals surface area contributed by atoms with Crippen LogP contribution in [0.25, 0.3) is 5.57 Å². The summed E-state index contributed by atoms with van der Waals surface area (Å²) >= 11 is 0. The first kappa shape index (κ1) is 27.8. The smallest absolute Gasteiger partial charge is 0.225 e. The van der Waals surface area contributed by atoms with E-state index < -0.39 is 0 Å². The van der Waals surface area contributed by atoms with Crippen LogP contribution in [0.4, 0.5) is 5.95 Å². The fourth-order valence-electron chi connectivity index (χ4n) is 6.67. The molecule has 1 spiro atoms. The number of rotatable bonds is 9. The van der Waals surface area contributed by atoms with Gasteiger partial charge in [0.05, 0.1) is 24.3 Å². The first-order chi connectivity index (χ1) is 20.1. The number of nitrogens with one attached hydrogen (secondary N) is 1. The van der Waals surface area contributed by atoms with Crippen molar-refractivity contribution in [1.82, 2.24) is 20.2 Å². The zero-order valence-electron chi connectivity index (χ0n) is 24.6. The molecule has 0 bridgehead atoms. The maximum absolute atomic E-state index is 6.21. The normalized spacial score (nSPS) is 23.4. The van der Waals surface area contributed by atoms with Gasteiger partial charge in [-0.15, -0.1) is 0 Å². The second kappa shape index (κ2) is 12.2. The number of aromatic nitrogens is 2. The summed E-state index contributed by atoms with van der Waals surface area (Å²) < 4.78 is 6.21. The summed E-state index contributed by atoms with van der Waals surface area (Å²) in [6.07, 6.45) is 12.7. The molecule has 1 N–H and O–H groups in total. The third-order valence-electron chi connectivity index (χ3n) is 9.57. The lowest BCUT2D eigenvalue weighted by atomic mass is 9.79. The monoisotopic (exact) mass is 556 g/mol. The molecule has 6 rings (SSSR count). The van der Waals surface area contributed by atoms with Gasteiger partial charge in [-0.25, -0.2) is 9.97 Å². The Kier molecular flexibility index (Phi) is 8.28. The second-order valence-electron chi connectivity index (χ2n) is 12.2. The highest BCUT2D eigenvalue weighted by atomic mass is 16.6. The average molecular weight is 557 g/mol. The molecule has 0 amide bonds. The Morgan fingerprint density at radius 1 is 1.12 bits per heavy atom. The Hall–Kier alpha value is -3.39. The van der Waals surface area contributed by atoms with Crippen molar-refractivity contribution in [3.63, 3.8) is 0 Å². The summed E-state index contributed by atoms with van der Waals surface area (Å²) in [7, 11) is 1.64. The molecular weight excluding hydrogens is 512 g/mol. The van der Waals surface area contributed by atoms with Gasteiger partial charge in [-0.2, -0.15) is 0 Å². The van der Waals surface area contributed by atoms with Crippen LogP contribution in [0, 0.1) is 17.3 Å². The van der Waals surface area contributed by atoms with E-state index in [0.29, 0.717) is 11.8 Å². The number of hydrogen-bond donors (Lipinski definition) is 1. The third-order valence-corrected chi connectivity index (χ3v) is 9.57. The molecule has 1 atom stereocenters. The van der Waals surface area contributed by atoms with Crippen LogP contribution in [0.3, 0.4) is 0 Å². The van der Waals surface area contributed by atoms with Crippen molar-refractivity contribution >= 4 is 17.2 Å². The van der Waals surface area contributed by atoms with E-state index in [4.69, 9.17) is 9.57 Å². The summed E-state index contributed by atoms with van der Waals surface area (Å²) in [4.78, 5) is 19.0. The minimum Gasteiger partial charge on any atom is -0.493 e. The number of aryl methyl sites for hydroxylation is 1.